The number of amides is 1. The van der Waals surface area contributed by atoms with Gasteiger partial charge in [0, 0.05) is 34.3 Å². The summed E-state index contributed by atoms with van der Waals surface area (Å²) in [5.74, 6) is -0.129. The number of likely N-dealkylation sites (tertiary alicyclic amines) is 1. The first-order chi connectivity index (χ1) is 16.6. The minimum atomic E-state index is -0.129. The summed E-state index contributed by atoms with van der Waals surface area (Å²) in [6.07, 6.45) is 7.24. The van der Waals surface area contributed by atoms with E-state index in [4.69, 9.17) is 16.6 Å². The molecule has 0 spiro atoms. The van der Waals surface area contributed by atoms with Gasteiger partial charge in [0.2, 0.25) is 0 Å². The maximum absolute atomic E-state index is 12.9. The zero-order valence-electron chi connectivity index (χ0n) is 19.3. The van der Waals surface area contributed by atoms with Gasteiger partial charge in [-0.05, 0) is 85.9 Å². The van der Waals surface area contributed by atoms with Gasteiger partial charge in [-0.25, -0.2) is 0 Å². The lowest BCUT2D eigenvalue weighted by atomic mass is 10.1. The molecule has 5 rings (SSSR count). The van der Waals surface area contributed by atoms with E-state index in [0.717, 1.165) is 43.5 Å². The van der Waals surface area contributed by atoms with Crippen LogP contribution in [0.4, 0.5) is 5.69 Å². The summed E-state index contributed by atoms with van der Waals surface area (Å²) in [5.41, 5.74) is 5.62. The molecule has 1 saturated heterocycles. The predicted octanol–water partition coefficient (Wildman–Crippen LogP) is 7.55. The van der Waals surface area contributed by atoms with Gasteiger partial charge in [-0.3, -0.25) is 14.7 Å². The number of carbonyl (C=O) groups excluding carboxylic acids is 1. The number of hydrogen-bond donors (Lipinski definition) is 1. The fraction of sp³-hybridized carbons (Fsp3) is 0.286. The highest BCUT2D eigenvalue weighted by Crippen LogP contribution is 2.31. The highest BCUT2D eigenvalue weighted by atomic mass is 35.5. The van der Waals surface area contributed by atoms with Crippen LogP contribution in [-0.2, 0) is 6.54 Å². The molecule has 174 valence electrons. The lowest BCUT2D eigenvalue weighted by Crippen LogP contribution is -2.24. The van der Waals surface area contributed by atoms with Crippen LogP contribution in [0.15, 0.2) is 60.8 Å². The van der Waals surface area contributed by atoms with E-state index < -0.39 is 0 Å². The number of aromatic nitrogens is 1. The van der Waals surface area contributed by atoms with Gasteiger partial charge in [0.25, 0.3) is 5.91 Å². The molecule has 1 fully saturated rings. The van der Waals surface area contributed by atoms with E-state index in [1.54, 1.807) is 0 Å². The molecule has 0 unspecified atom stereocenters. The molecule has 4 nitrogen and oxygen atoms in total. The first-order valence-corrected chi connectivity index (χ1v) is 13.0. The summed E-state index contributed by atoms with van der Waals surface area (Å²) in [7, 11) is 0. The van der Waals surface area contributed by atoms with Crippen molar-refractivity contribution in [3.8, 4) is 10.4 Å². The Labute approximate surface area is 209 Å². The number of nitrogens with one attached hydrogen (secondary N) is 1. The topological polar surface area (TPSA) is 45.2 Å². The van der Waals surface area contributed by atoms with Crippen molar-refractivity contribution in [2.24, 2.45) is 0 Å². The summed E-state index contributed by atoms with van der Waals surface area (Å²) < 4.78 is 0.756. The van der Waals surface area contributed by atoms with E-state index in [1.165, 1.54) is 55.7 Å². The Morgan fingerprint density at radius 2 is 1.79 bits per heavy atom. The monoisotopic (exact) mass is 489 g/mol. The molecular weight excluding hydrogens is 462 g/mol. The zero-order chi connectivity index (χ0) is 23.5. The normalized spacial score (nSPS) is 14.8. The van der Waals surface area contributed by atoms with Gasteiger partial charge in [-0.2, -0.15) is 0 Å². The number of halogens is 1. The van der Waals surface area contributed by atoms with Gasteiger partial charge in [-0.15, -0.1) is 11.3 Å². The zero-order valence-corrected chi connectivity index (χ0v) is 20.9. The molecule has 1 N–H and O–H groups in total. The Kier molecular flexibility index (Phi) is 6.95. The molecule has 1 aliphatic rings. The number of aryl methyl sites for hydroxylation is 1. The predicted molar refractivity (Wildman–Crippen MR) is 143 cm³/mol. The molecule has 0 aliphatic carbocycles. The highest BCUT2D eigenvalue weighted by molar-refractivity contribution is 7.19. The number of carbonyl (C=O) groups is 1. The van der Waals surface area contributed by atoms with Gasteiger partial charge in [-0.1, -0.05) is 42.6 Å². The van der Waals surface area contributed by atoms with Crippen molar-refractivity contribution in [3.63, 3.8) is 0 Å². The Morgan fingerprint density at radius 1 is 1.03 bits per heavy atom. The second-order valence-electron chi connectivity index (χ2n) is 8.98. The molecule has 1 aliphatic heterocycles. The fourth-order valence-corrected chi connectivity index (χ4v) is 5.67. The SMILES string of the molecule is Cc1c(NC(=O)c2ccc(-c3ccc(Cl)s3)cc2)ccc2cc(CN3CCCCCC3)cnc12. The first-order valence-electron chi connectivity index (χ1n) is 11.8. The molecule has 0 atom stereocenters. The molecular formula is C28H28ClN3OS. The van der Waals surface area contributed by atoms with Crippen molar-refractivity contribution in [3.05, 3.63) is 81.8 Å². The van der Waals surface area contributed by atoms with Crippen LogP contribution in [-0.4, -0.2) is 28.9 Å². The van der Waals surface area contributed by atoms with E-state index in [9.17, 15) is 4.79 Å². The standard InChI is InChI=1S/C28H28ClN3OS/c1-19-24(31-28(33)22-8-6-21(7-9-22)25-12-13-26(29)34-25)11-10-23-16-20(17-30-27(19)23)18-32-14-4-2-3-5-15-32/h6-13,16-17H,2-5,14-15,18H2,1H3,(H,31,33). The fourth-order valence-electron chi connectivity index (χ4n) is 4.62. The number of anilines is 1. The van der Waals surface area contributed by atoms with Crippen LogP contribution in [0.25, 0.3) is 21.3 Å². The van der Waals surface area contributed by atoms with Crippen LogP contribution < -0.4 is 5.32 Å². The summed E-state index contributed by atoms with van der Waals surface area (Å²) in [6.45, 7) is 5.31. The van der Waals surface area contributed by atoms with E-state index in [0.29, 0.717) is 5.56 Å². The van der Waals surface area contributed by atoms with E-state index in [1.807, 2.05) is 55.6 Å². The highest BCUT2D eigenvalue weighted by Gasteiger charge is 2.13. The molecule has 0 saturated carbocycles. The molecule has 2 aromatic carbocycles. The van der Waals surface area contributed by atoms with Gasteiger partial charge < -0.3 is 5.32 Å². The van der Waals surface area contributed by atoms with Crippen molar-refractivity contribution in [2.45, 2.75) is 39.2 Å². The van der Waals surface area contributed by atoms with Gasteiger partial charge >= 0.3 is 0 Å². The van der Waals surface area contributed by atoms with Crippen LogP contribution in [0.1, 0.15) is 47.2 Å². The van der Waals surface area contributed by atoms with Gasteiger partial charge in [0.05, 0.1) is 9.85 Å². The van der Waals surface area contributed by atoms with Crippen molar-refractivity contribution >= 4 is 45.4 Å². The number of thiophene rings is 1. The molecule has 3 heterocycles. The largest absolute Gasteiger partial charge is 0.322 e. The van der Waals surface area contributed by atoms with Crippen LogP contribution in [0.3, 0.4) is 0 Å². The Balaban J connectivity index is 1.30. The lowest BCUT2D eigenvalue weighted by molar-refractivity contribution is 0.102. The molecule has 0 radical (unpaired) electrons. The summed E-state index contributed by atoms with van der Waals surface area (Å²) in [5, 5.41) is 4.18. The molecule has 34 heavy (non-hydrogen) atoms. The maximum Gasteiger partial charge on any atom is 0.255 e. The third-order valence-electron chi connectivity index (χ3n) is 6.52. The quantitative estimate of drug-likeness (QED) is 0.314. The second-order valence-corrected chi connectivity index (χ2v) is 10.7. The summed E-state index contributed by atoms with van der Waals surface area (Å²) in [4.78, 5) is 21.3. The maximum atomic E-state index is 12.9. The molecule has 0 bridgehead atoms. The second kappa shape index (κ2) is 10.3. The Morgan fingerprint density at radius 3 is 2.50 bits per heavy atom. The summed E-state index contributed by atoms with van der Waals surface area (Å²) >= 11 is 7.57. The number of rotatable bonds is 5. The van der Waals surface area contributed by atoms with E-state index in [2.05, 4.69) is 22.3 Å². The Hall–Kier alpha value is -2.73. The first kappa shape index (κ1) is 23.0. The van der Waals surface area contributed by atoms with Crippen LogP contribution in [0.2, 0.25) is 4.34 Å². The lowest BCUT2D eigenvalue weighted by Gasteiger charge is -2.20. The average Bonchev–Trinajstić information content (AvgIpc) is 3.12. The van der Waals surface area contributed by atoms with Crippen molar-refractivity contribution in [1.82, 2.24) is 9.88 Å². The Bertz CT molecular complexity index is 1310. The smallest absolute Gasteiger partial charge is 0.255 e. The number of benzene rings is 2. The number of nitrogens with zero attached hydrogens (tertiary/aromatic N) is 2. The minimum Gasteiger partial charge on any atom is -0.322 e. The molecule has 2 aromatic heterocycles. The molecule has 6 heteroatoms. The van der Waals surface area contributed by atoms with Crippen LogP contribution in [0.5, 0.6) is 0 Å². The molecule has 4 aromatic rings. The van der Waals surface area contributed by atoms with Crippen molar-refractivity contribution in [2.75, 3.05) is 18.4 Å². The van der Waals surface area contributed by atoms with Crippen LogP contribution in [0, 0.1) is 6.92 Å². The van der Waals surface area contributed by atoms with Gasteiger partial charge in [0.15, 0.2) is 0 Å². The average molecular weight is 490 g/mol. The van der Waals surface area contributed by atoms with Gasteiger partial charge in [0.1, 0.15) is 0 Å². The minimum absolute atomic E-state index is 0.129. The van der Waals surface area contributed by atoms with Crippen LogP contribution >= 0.6 is 22.9 Å². The van der Waals surface area contributed by atoms with E-state index >= 15 is 0 Å². The summed E-state index contributed by atoms with van der Waals surface area (Å²) in [6, 6.07) is 17.8. The molecule has 1 amide bonds. The third kappa shape index (κ3) is 5.17. The van der Waals surface area contributed by atoms with Crippen molar-refractivity contribution < 1.29 is 4.79 Å². The number of hydrogen-bond acceptors (Lipinski definition) is 4. The third-order valence-corrected chi connectivity index (χ3v) is 7.80. The van der Waals surface area contributed by atoms with Crippen molar-refractivity contribution in [1.29, 1.82) is 0 Å². The van der Waals surface area contributed by atoms with E-state index in [-0.39, 0.29) is 5.91 Å². The number of fused-ring (bicyclic) bond motifs is 1. The number of pyridine rings is 1.